The minimum Gasteiger partial charge on any atom is -0.508 e. The van der Waals surface area contributed by atoms with Crippen molar-refractivity contribution in [2.75, 3.05) is 0 Å². The average Bonchev–Trinajstić information content (AvgIpc) is 3.62. The zero-order valence-corrected chi connectivity index (χ0v) is 22.0. The number of alkyl carbamates (subject to hydrolysis) is 1. The van der Waals surface area contributed by atoms with Crippen LogP contribution in [0.4, 0.5) is 4.79 Å². The van der Waals surface area contributed by atoms with Gasteiger partial charge in [0.15, 0.2) is 0 Å². The van der Waals surface area contributed by atoms with E-state index in [2.05, 4.69) is 10.6 Å². The summed E-state index contributed by atoms with van der Waals surface area (Å²) in [5.74, 6) is -0.901. The number of hydrogen-bond donors (Lipinski definition) is 4. The molecule has 1 aliphatic rings. The first-order valence-electron chi connectivity index (χ1n) is 12.5. The Morgan fingerprint density at radius 1 is 1.00 bits per heavy atom. The van der Waals surface area contributed by atoms with Gasteiger partial charge >= 0.3 is 6.09 Å². The number of carbonyl (C=O) groups excluding carboxylic acids is 3. The second-order valence-electron chi connectivity index (χ2n) is 10.7. The lowest BCUT2D eigenvalue weighted by molar-refractivity contribution is -0.143. The van der Waals surface area contributed by atoms with Crippen molar-refractivity contribution in [2.45, 2.75) is 83.6 Å². The van der Waals surface area contributed by atoms with Gasteiger partial charge in [0, 0.05) is 24.1 Å². The maximum absolute atomic E-state index is 14.2. The normalized spacial score (nSPS) is 15.0. The molecule has 1 fully saturated rings. The quantitative estimate of drug-likeness (QED) is 0.406. The molecule has 3 amide bonds. The molecule has 0 aliphatic heterocycles. The molecule has 2 unspecified atom stereocenters. The number of aromatic hydroxyl groups is 2. The highest BCUT2D eigenvalue weighted by Crippen LogP contribution is 2.38. The van der Waals surface area contributed by atoms with Gasteiger partial charge in [-0.3, -0.25) is 9.59 Å². The molecule has 200 valence electrons. The van der Waals surface area contributed by atoms with Crippen molar-refractivity contribution in [3.8, 4) is 11.5 Å². The highest BCUT2D eigenvalue weighted by atomic mass is 16.6. The predicted molar refractivity (Wildman–Crippen MR) is 139 cm³/mol. The SMILES string of the molecule is CC(C)NC(=O)C(c1ccccc1O)N(C(=O)C(Cc1ccc(O)cc1)NC(=O)OC(C)(C)C)C1CC1. The van der Waals surface area contributed by atoms with Gasteiger partial charge < -0.3 is 30.5 Å². The van der Waals surface area contributed by atoms with Crippen LogP contribution in [0.3, 0.4) is 0 Å². The summed E-state index contributed by atoms with van der Waals surface area (Å²) in [6, 6.07) is 10.2. The number of nitrogens with zero attached hydrogens (tertiary/aromatic N) is 1. The molecule has 3 rings (SSSR count). The number of benzene rings is 2. The van der Waals surface area contributed by atoms with Crippen LogP contribution < -0.4 is 10.6 Å². The van der Waals surface area contributed by atoms with E-state index in [1.165, 1.54) is 23.1 Å². The predicted octanol–water partition coefficient (Wildman–Crippen LogP) is 3.79. The van der Waals surface area contributed by atoms with Crippen LogP contribution in [0.25, 0.3) is 0 Å². The number of phenolic OH excluding ortho intramolecular Hbond substituents is 2. The summed E-state index contributed by atoms with van der Waals surface area (Å²) in [5.41, 5.74) is 0.234. The number of nitrogens with one attached hydrogen (secondary N) is 2. The molecule has 0 radical (unpaired) electrons. The summed E-state index contributed by atoms with van der Waals surface area (Å²) >= 11 is 0. The monoisotopic (exact) mass is 511 g/mol. The number of rotatable bonds is 9. The smallest absolute Gasteiger partial charge is 0.408 e. The van der Waals surface area contributed by atoms with Crippen molar-refractivity contribution in [2.24, 2.45) is 0 Å². The molecule has 0 spiro atoms. The zero-order chi connectivity index (χ0) is 27.3. The highest BCUT2D eigenvalue weighted by molar-refractivity contribution is 5.93. The Hall–Kier alpha value is -3.75. The van der Waals surface area contributed by atoms with Gasteiger partial charge in [-0.1, -0.05) is 30.3 Å². The summed E-state index contributed by atoms with van der Waals surface area (Å²) in [6.45, 7) is 8.82. The van der Waals surface area contributed by atoms with E-state index in [4.69, 9.17) is 4.74 Å². The molecule has 0 bridgehead atoms. The third-order valence-corrected chi connectivity index (χ3v) is 5.75. The van der Waals surface area contributed by atoms with Gasteiger partial charge in [-0.2, -0.15) is 0 Å². The van der Waals surface area contributed by atoms with Crippen molar-refractivity contribution in [1.82, 2.24) is 15.5 Å². The van der Waals surface area contributed by atoms with Gasteiger partial charge in [0.25, 0.3) is 0 Å². The van der Waals surface area contributed by atoms with Crippen LogP contribution in [-0.2, 0) is 20.7 Å². The topological polar surface area (TPSA) is 128 Å². The van der Waals surface area contributed by atoms with Gasteiger partial charge in [-0.25, -0.2) is 4.79 Å². The largest absolute Gasteiger partial charge is 0.508 e. The van der Waals surface area contributed by atoms with Crippen LogP contribution in [-0.4, -0.2) is 56.7 Å². The first-order chi connectivity index (χ1) is 17.4. The Kier molecular flexibility index (Phi) is 8.68. The number of phenols is 2. The van der Waals surface area contributed by atoms with Crippen LogP contribution in [0, 0.1) is 0 Å². The molecule has 4 N–H and O–H groups in total. The van der Waals surface area contributed by atoms with Crippen LogP contribution in [0.5, 0.6) is 11.5 Å². The molecule has 2 atom stereocenters. The lowest BCUT2D eigenvalue weighted by Crippen LogP contribution is -2.55. The Morgan fingerprint density at radius 2 is 1.62 bits per heavy atom. The van der Waals surface area contributed by atoms with Gasteiger partial charge in [0.2, 0.25) is 11.8 Å². The van der Waals surface area contributed by atoms with Crippen molar-refractivity contribution in [3.63, 3.8) is 0 Å². The Balaban J connectivity index is 2.01. The number of ether oxygens (including phenoxy) is 1. The number of carbonyl (C=O) groups is 3. The van der Waals surface area contributed by atoms with Crippen LogP contribution in [0.2, 0.25) is 0 Å². The van der Waals surface area contributed by atoms with Crippen LogP contribution >= 0.6 is 0 Å². The van der Waals surface area contributed by atoms with Crippen molar-refractivity contribution < 1.29 is 29.3 Å². The third kappa shape index (κ3) is 7.87. The number of amides is 3. The molecule has 37 heavy (non-hydrogen) atoms. The molecule has 0 aromatic heterocycles. The second kappa shape index (κ2) is 11.5. The first kappa shape index (κ1) is 27.8. The molecule has 1 saturated carbocycles. The molecule has 0 heterocycles. The fourth-order valence-electron chi connectivity index (χ4n) is 4.07. The maximum Gasteiger partial charge on any atom is 0.408 e. The standard InChI is InChI=1S/C28H37N3O6/c1-17(2)29-25(34)24(21-8-6-7-9-23(21)33)31(19-12-13-19)26(35)22(30-27(36)37-28(3,4)5)16-18-10-14-20(32)15-11-18/h6-11,14-15,17,19,22,24,32-33H,12-13,16H2,1-5H3,(H,29,34)(H,30,36). The van der Waals surface area contributed by atoms with Crippen LogP contribution in [0.15, 0.2) is 48.5 Å². The first-order valence-corrected chi connectivity index (χ1v) is 12.5. The summed E-state index contributed by atoms with van der Waals surface area (Å²) in [7, 11) is 0. The van der Waals surface area contributed by atoms with E-state index >= 15 is 0 Å². The molecule has 0 saturated heterocycles. The minimum atomic E-state index is -1.09. The fourth-order valence-corrected chi connectivity index (χ4v) is 4.07. The molecular formula is C28H37N3O6. The van der Waals surface area contributed by atoms with Gasteiger partial charge in [-0.05, 0) is 71.2 Å². The Morgan fingerprint density at radius 3 is 2.16 bits per heavy atom. The zero-order valence-electron chi connectivity index (χ0n) is 22.0. The minimum absolute atomic E-state index is 0.0799. The van der Waals surface area contributed by atoms with Crippen molar-refractivity contribution >= 4 is 17.9 Å². The summed E-state index contributed by atoms with van der Waals surface area (Å²) in [5, 5.41) is 25.9. The van der Waals surface area contributed by atoms with Gasteiger partial charge in [-0.15, -0.1) is 0 Å². The van der Waals surface area contributed by atoms with E-state index in [0.717, 1.165) is 0 Å². The van der Waals surface area contributed by atoms with Gasteiger partial charge in [0.05, 0.1) is 0 Å². The Bertz CT molecular complexity index is 1110. The van der Waals surface area contributed by atoms with E-state index in [-0.39, 0.29) is 30.0 Å². The number of hydrogen-bond acceptors (Lipinski definition) is 6. The molecule has 2 aromatic rings. The van der Waals surface area contributed by atoms with E-state index in [1.807, 2.05) is 13.8 Å². The molecular weight excluding hydrogens is 474 g/mol. The average molecular weight is 512 g/mol. The van der Waals surface area contributed by atoms with E-state index in [1.54, 1.807) is 51.1 Å². The third-order valence-electron chi connectivity index (χ3n) is 5.75. The number of para-hydroxylation sites is 1. The maximum atomic E-state index is 14.2. The van der Waals surface area contributed by atoms with E-state index in [0.29, 0.717) is 24.0 Å². The van der Waals surface area contributed by atoms with Crippen LogP contribution in [0.1, 0.15) is 64.6 Å². The lowest BCUT2D eigenvalue weighted by Gasteiger charge is -2.35. The fraction of sp³-hybridized carbons (Fsp3) is 0.464. The highest BCUT2D eigenvalue weighted by Gasteiger charge is 2.45. The summed E-state index contributed by atoms with van der Waals surface area (Å²) in [6.07, 6.45) is 0.749. The molecule has 1 aliphatic carbocycles. The summed E-state index contributed by atoms with van der Waals surface area (Å²) in [4.78, 5) is 41.8. The molecule has 9 nitrogen and oxygen atoms in total. The molecule has 2 aromatic carbocycles. The van der Waals surface area contributed by atoms with Crippen molar-refractivity contribution in [3.05, 3.63) is 59.7 Å². The van der Waals surface area contributed by atoms with Crippen molar-refractivity contribution in [1.29, 1.82) is 0 Å². The van der Waals surface area contributed by atoms with E-state index < -0.39 is 35.6 Å². The Labute approximate surface area is 217 Å². The molecule has 9 heteroatoms. The lowest BCUT2D eigenvalue weighted by atomic mass is 9.99. The van der Waals surface area contributed by atoms with E-state index in [9.17, 15) is 24.6 Å². The van der Waals surface area contributed by atoms with Gasteiger partial charge in [0.1, 0.15) is 29.2 Å². The summed E-state index contributed by atoms with van der Waals surface area (Å²) < 4.78 is 5.42. The second-order valence-corrected chi connectivity index (χ2v) is 10.7.